The monoisotopic (exact) mass is 598 g/mol. The number of rotatable bonds is 14. The van der Waals surface area contributed by atoms with Gasteiger partial charge in [0.15, 0.2) is 0 Å². The molecule has 0 spiro atoms. The molecule has 0 radical (unpaired) electrons. The molecule has 0 aliphatic heterocycles. The first-order valence-electron chi connectivity index (χ1n) is 12.7. The van der Waals surface area contributed by atoms with Crippen LogP contribution in [0.15, 0.2) is 121 Å². The van der Waals surface area contributed by atoms with E-state index in [1.54, 1.807) is 121 Å². The van der Waals surface area contributed by atoms with Crippen molar-refractivity contribution in [2.45, 2.75) is 12.2 Å². The maximum atomic E-state index is 13.5. The third-order valence-electron chi connectivity index (χ3n) is 6.10. The van der Waals surface area contributed by atoms with Crippen molar-refractivity contribution in [1.82, 2.24) is 0 Å². The molecule has 0 saturated carbocycles. The Morgan fingerprint density at radius 1 is 0.537 bits per heavy atom. The molecule has 4 aromatic carbocycles. The van der Waals surface area contributed by atoms with E-state index >= 15 is 0 Å². The van der Waals surface area contributed by atoms with E-state index in [4.69, 9.17) is 22.4 Å². The van der Waals surface area contributed by atoms with Gasteiger partial charge in [0, 0.05) is 0 Å². The Morgan fingerprint density at radius 2 is 0.829 bits per heavy atom. The Balaban J connectivity index is 1.65. The molecule has 0 heterocycles. The first kappa shape index (κ1) is 30.8. The Labute approximate surface area is 239 Å². The summed E-state index contributed by atoms with van der Waals surface area (Å²) in [4.78, 5) is 49.8. The molecule has 2 unspecified atom stereocenters. The summed E-state index contributed by atoms with van der Waals surface area (Å²) >= 11 is 0. The molecule has 0 aromatic heterocycles. The van der Waals surface area contributed by atoms with E-state index in [1.165, 1.54) is 0 Å². The molecule has 0 amide bonds. The molecule has 0 bridgehead atoms. The van der Waals surface area contributed by atoms with Crippen molar-refractivity contribution in [1.29, 1.82) is 0 Å². The van der Waals surface area contributed by atoms with Gasteiger partial charge >= 0.3 is 240 Å². The Hall–Kier alpha value is -3.20. The van der Waals surface area contributed by atoms with Gasteiger partial charge in [-0.05, 0) is 0 Å². The van der Waals surface area contributed by atoms with Crippen molar-refractivity contribution in [2.75, 3.05) is 14.2 Å². The summed E-state index contributed by atoms with van der Waals surface area (Å²) in [6.07, 6.45) is -2.72. The van der Waals surface area contributed by atoms with Gasteiger partial charge in [-0.25, -0.2) is 0 Å². The first-order valence-corrected chi connectivity index (χ1v) is 16.0. The Morgan fingerprint density at radius 3 is 1.12 bits per heavy atom. The van der Waals surface area contributed by atoms with Crippen molar-refractivity contribution in [3.8, 4) is 0 Å². The van der Waals surface area contributed by atoms with E-state index < -0.39 is 40.1 Å². The van der Waals surface area contributed by atoms with Crippen LogP contribution in [0, 0.1) is 0 Å². The molecule has 4 rings (SSSR count). The van der Waals surface area contributed by atoms with Crippen LogP contribution in [0.3, 0.4) is 0 Å². The number of hydrogen-bond donors (Lipinski definition) is 2. The fraction of sp³-hybridized carbons (Fsp3) is 0.133. The number of carbonyl (C=O) groups is 2. The molecule has 0 aliphatic rings. The van der Waals surface area contributed by atoms with Crippen LogP contribution >= 0.6 is 16.3 Å². The van der Waals surface area contributed by atoms with Gasteiger partial charge in [-0.2, -0.15) is 0 Å². The maximum absolute atomic E-state index is 13.5. The van der Waals surface area contributed by atoms with Crippen LogP contribution in [-0.2, 0) is 22.4 Å². The molecule has 11 heteroatoms. The van der Waals surface area contributed by atoms with Gasteiger partial charge < -0.3 is 0 Å². The van der Waals surface area contributed by atoms with Crippen molar-refractivity contribution in [2.24, 2.45) is 0 Å². The van der Waals surface area contributed by atoms with E-state index in [0.717, 1.165) is 14.2 Å². The summed E-state index contributed by atoms with van der Waals surface area (Å²) in [5.74, 6) is -0.957. The van der Waals surface area contributed by atoms with E-state index in [-0.39, 0.29) is 0 Å². The number of benzene rings is 4. The molecule has 0 fully saturated rings. The van der Waals surface area contributed by atoms with Gasteiger partial charge in [0.2, 0.25) is 0 Å². The summed E-state index contributed by atoms with van der Waals surface area (Å²) in [7, 11) is -7.53. The summed E-state index contributed by atoms with van der Waals surface area (Å²) in [5.41, 5.74) is 1.47. The van der Waals surface area contributed by atoms with Gasteiger partial charge in [0.05, 0.1) is 0 Å². The van der Waals surface area contributed by atoms with Crippen molar-refractivity contribution < 1.29 is 41.8 Å². The van der Waals surface area contributed by atoms with Crippen molar-refractivity contribution in [3.05, 3.63) is 144 Å². The number of ketones is 2. The zero-order valence-electron chi connectivity index (χ0n) is 22.5. The third kappa shape index (κ3) is 7.97. The number of Topliss-reactive ketones (excluding diaryl/α,β-unsaturated/α-hetero) is 2. The molecule has 4 aromatic rings. The normalized spacial score (nSPS) is 14.1. The SMILES string of the molecule is CO[PH](O)(OC(C(=O)c1ccccc1)c1ccccc1)O[PH](O)(OC)OC(C(=O)c1ccccc1)c1ccccc1. The van der Waals surface area contributed by atoms with Crippen LogP contribution in [0.2, 0.25) is 0 Å². The summed E-state index contributed by atoms with van der Waals surface area (Å²) in [6.45, 7) is 0. The van der Waals surface area contributed by atoms with Gasteiger partial charge in [-0.3, -0.25) is 0 Å². The van der Waals surface area contributed by atoms with Gasteiger partial charge in [0.1, 0.15) is 0 Å². The van der Waals surface area contributed by atoms with Crippen molar-refractivity contribution >= 4 is 27.9 Å². The molecule has 41 heavy (non-hydrogen) atoms. The topological polar surface area (TPSA) is 121 Å². The molecular formula is C30H32O9P2. The molecule has 9 nitrogen and oxygen atoms in total. The Bertz CT molecular complexity index is 1300. The molecule has 2 atom stereocenters. The fourth-order valence-corrected chi connectivity index (χ4v) is 7.63. The minimum atomic E-state index is -4.87. The van der Waals surface area contributed by atoms with E-state index in [9.17, 15) is 19.4 Å². The molecule has 0 saturated heterocycles. The van der Waals surface area contributed by atoms with E-state index in [0.29, 0.717) is 22.3 Å². The predicted octanol–water partition coefficient (Wildman–Crippen LogP) is 6.38. The standard InChI is InChI=1S/C30H32O9P2/c1-35-40(33,37-29(25-19-11-5-12-20-25)27(31)23-15-7-3-8-16-23)39-41(34,36-2)38-30(26-21-13-6-14-22-26)28(32)24-17-9-4-10-18-24/h3-22,29-30,33-34,40-41H,1-2H3. The zero-order valence-corrected chi connectivity index (χ0v) is 24.5. The average Bonchev–Trinajstić information content (AvgIpc) is 3.03. The second-order valence-corrected chi connectivity index (χ2v) is 13.0. The molecule has 0 aliphatic carbocycles. The quantitative estimate of drug-likeness (QED) is 0.126. The number of hydrogen-bond acceptors (Lipinski definition) is 9. The van der Waals surface area contributed by atoms with Gasteiger partial charge in [0.25, 0.3) is 0 Å². The summed E-state index contributed by atoms with van der Waals surface area (Å²) in [6, 6.07) is 33.7. The number of carbonyl (C=O) groups excluding carboxylic acids is 2. The molecule has 216 valence electrons. The zero-order chi connectivity index (χ0) is 29.3. The fourth-order valence-electron chi connectivity index (χ4n) is 4.00. The van der Waals surface area contributed by atoms with E-state index in [1.807, 2.05) is 0 Å². The second-order valence-electron chi connectivity index (χ2n) is 8.84. The van der Waals surface area contributed by atoms with Gasteiger partial charge in [-0.15, -0.1) is 0 Å². The first-order chi connectivity index (χ1) is 19.8. The van der Waals surface area contributed by atoms with Crippen LogP contribution in [0.1, 0.15) is 44.1 Å². The molecular weight excluding hydrogens is 566 g/mol. The predicted molar refractivity (Wildman–Crippen MR) is 158 cm³/mol. The van der Waals surface area contributed by atoms with Crippen LogP contribution < -0.4 is 0 Å². The third-order valence-corrected chi connectivity index (χ3v) is 10.3. The van der Waals surface area contributed by atoms with Crippen LogP contribution in [-0.4, -0.2) is 35.6 Å². The Kier molecular flexibility index (Phi) is 10.6. The summed E-state index contributed by atoms with van der Waals surface area (Å²) < 4.78 is 27.8. The van der Waals surface area contributed by atoms with Crippen LogP contribution in [0.4, 0.5) is 0 Å². The summed E-state index contributed by atoms with van der Waals surface area (Å²) in [5, 5.41) is 0. The molecule has 2 N–H and O–H groups in total. The van der Waals surface area contributed by atoms with E-state index in [2.05, 4.69) is 0 Å². The van der Waals surface area contributed by atoms with Crippen LogP contribution in [0.5, 0.6) is 0 Å². The van der Waals surface area contributed by atoms with Gasteiger partial charge in [-0.1, -0.05) is 0 Å². The minimum absolute atomic E-state index is 0.321. The average molecular weight is 599 g/mol. The van der Waals surface area contributed by atoms with Crippen LogP contribution in [0.25, 0.3) is 0 Å². The second kappa shape index (κ2) is 14.1. The van der Waals surface area contributed by atoms with Crippen molar-refractivity contribution in [3.63, 3.8) is 0 Å².